The first-order valence-corrected chi connectivity index (χ1v) is 16.2. The van der Waals surface area contributed by atoms with Gasteiger partial charge >= 0.3 is 0 Å². The molecule has 8 rings (SSSR count). The smallest absolute Gasteiger partial charge is 0.258 e. The van der Waals surface area contributed by atoms with Gasteiger partial charge in [-0.3, -0.25) is 4.79 Å². The van der Waals surface area contributed by atoms with Crippen molar-refractivity contribution in [2.24, 2.45) is 0 Å². The van der Waals surface area contributed by atoms with Gasteiger partial charge in [-0.15, -0.1) is 0 Å². The molecule has 0 unspecified atom stereocenters. The number of hydrogen-bond acceptors (Lipinski definition) is 1. The van der Waals surface area contributed by atoms with Crippen molar-refractivity contribution in [3.8, 4) is 0 Å². The minimum atomic E-state index is 0.101. The summed E-state index contributed by atoms with van der Waals surface area (Å²) in [5.74, 6) is 0.101. The minimum absolute atomic E-state index is 0.101. The first-order chi connectivity index (χ1) is 22.3. The quantitative estimate of drug-likeness (QED) is 0.193. The molecule has 0 atom stereocenters. The van der Waals surface area contributed by atoms with Crippen molar-refractivity contribution in [1.82, 2.24) is 4.98 Å². The van der Waals surface area contributed by atoms with Crippen molar-refractivity contribution < 1.29 is 4.79 Å². The number of fused-ring (bicyclic) bond motifs is 4. The number of nitrogens with one attached hydrogen (secondary N) is 1. The fourth-order valence-electron chi connectivity index (χ4n) is 6.78. The Morgan fingerprint density at radius 3 is 2.07 bits per heavy atom. The second-order valence-electron chi connectivity index (χ2n) is 11.9. The van der Waals surface area contributed by atoms with Crippen LogP contribution in [-0.4, -0.2) is 17.4 Å². The molecule has 0 fully saturated rings. The molecule has 0 bridgehead atoms. The van der Waals surface area contributed by atoms with E-state index in [1.807, 2.05) is 47.4 Å². The number of rotatable bonds is 6. The predicted octanol–water partition coefficient (Wildman–Crippen LogP) is 10.3. The number of hydrogen-bond donors (Lipinski definition) is 1. The molecule has 2 heterocycles. The van der Waals surface area contributed by atoms with Crippen LogP contribution in [0.3, 0.4) is 0 Å². The zero-order valence-electron chi connectivity index (χ0n) is 25.6. The number of carbonyl (C=O) groups excluding carboxylic acids is 1. The molecule has 1 amide bonds. The average molecular weight is 587 g/mol. The third-order valence-corrected chi connectivity index (χ3v) is 9.07. The first-order valence-electron chi connectivity index (χ1n) is 16.2. The molecular formula is C42H38N2O. The van der Waals surface area contributed by atoms with E-state index in [-0.39, 0.29) is 5.91 Å². The second-order valence-corrected chi connectivity index (χ2v) is 11.9. The number of nitrogens with zero attached hydrogens (tertiary/aromatic N) is 1. The molecule has 0 aliphatic carbocycles. The summed E-state index contributed by atoms with van der Waals surface area (Å²) >= 11 is 0. The minimum Gasteiger partial charge on any atom is -0.361 e. The summed E-state index contributed by atoms with van der Waals surface area (Å²) < 4.78 is 0. The van der Waals surface area contributed by atoms with E-state index in [9.17, 15) is 4.79 Å². The Balaban J connectivity index is 0.000000145. The first kappa shape index (κ1) is 28.6. The van der Waals surface area contributed by atoms with Crippen molar-refractivity contribution in [1.29, 1.82) is 0 Å². The number of anilines is 1. The molecule has 1 N–H and O–H groups in total. The molecule has 1 aliphatic heterocycles. The summed E-state index contributed by atoms with van der Waals surface area (Å²) in [7, 11) is 0. The molecule has 0 saturated carbocycles. The van der Waals surface area contributed by atoms with Gasteiger partial charge in [-0.2, -0.15) is 0 Å². The summed E-state index contributed by atoms with van der Waals surface area (Å²) in [5.41, 5.74) is 7.28. The van der Waals surface area contributed by atoms with Crippen molar-refractivity contribution >= 4 is 44.0 Å². The molecule has 0 spiro atoms. The van der Waals surface area contributed by atoms with Crippen LogP contribution in [0.4, 0.5) is 5.69 Å². The van der Waals surface area contributed by atoms with Gasteiger partial charge in [0.05, 0.1) is 0 Å². The number of aromatic amines is 1. The van der Waals surface area contributed by atoms with Gasteiger partial charge in [0.2, 0.25) is 0 Å². The van der Waals surface area contributed by atoms with Crippen LogP contribution >= 0.6 is 0 Å². The molecule has 222 valence electrons. The van der Waals surface area contributed by atoms with Gasteiger partial charge in [0.15, 0.2) is 0 Å². The molecule has 1 aromatic heterocycles. The highest BCUT2D eigenvalue weighted by Gasteiger charge is 2.24. The highest BCUT2D eigenvalue weighted by molar-refractivity contribution is 6.14. The molecule has 3 heteroatoms. The highest BCUT2D eigenvalue weighted by Crippen LogP contribution is 2.30. The fourth-order valence-corrected chi connectivity index (χ4v) is 6.78. The average Bonchev–Trinajstić information content (AvgIpc) is 3.52. The van der Waals surface area contributed by atoms with E-state index in [2.05, 4.69) is 102 Å². The molecule has 0 radical (unpaired) electrons. The number of H-pyrrole nitrogens is 1. The van der Waals surface area contributed by atoms with Gasteiger partial charge in [0.1, 0.15) is 0 Å². The van der Waals surface area contributed by atoms with Crippen molar-refractivity contribution in [2.75, 3.05) is 11.4 Å². The zero-order valence-corrected chi connectivity index (χ0v) is 25.6. The number of carbonyl (C=O) groups is 1. The number of aryl methyl sites for hydroxylation is 3. The molecule has 6 aromatic carbocycles. The van der Waals surface area contributed by atoms with Crippen LogP contribution in [0.2, 0.25) is 0 Å². The molecule has 45 heavy (non-hydrogen) atoms. The lowest BCUT2D eigenvalue weighted by Crippen LogP contribution is -2.35. The maximum Gasteiger partial charge on any atom is 0.258 e. The molecule has 0 saturated heterocycles. The van der Waals surface area contributed by atoms with Crippen molar-refractivity contribution in [3.63, 3.8) is 0 Å². The van der Waals surface area contributed by atoms with Gasteiger partial charge in [0, 0.05) is 34.9 Å². The summed E-state index contributed by atoms with van der Waals surface area (Å²) in [6.45, 7) is 0.791. The van der Waals surface area contributed by atoms with Crippen LogP contribution in [0.5, 0.6) is 0 Å². The van der Waals surface area contributed by atoms with E-state index < -0.39 is 0 Å². The Kier molecular flexibility index (Phi) is 8.41. The van der Waals surface area contributed by atoms with Gasteiger partial charge in [-0.25, -0.2) is 0 Å². The number of amides is 1. The fraction of sp³-hybridized carbons (Fsp3) is 0.167. The monoisotopic (exact) mass is 586 g/mol. The number of aromatic nitrogens is 1. The van der Waals surface area contributed by atoms with E-state index in [1.54, 1.807) is 0 Å². The second kappa shape index (κ2) is 13.2. The van der Waals surface area contributed by atoms with Crippen LogP contribution in [0, 0.1) is 0 Å². The Morgan fingerprint density at radius 2 is 1.22 bits per heavy atom. The third-order valence-electron chi connectivity index (χ3n) is 9.07. The van der Waals surface area contributed by atoms with Gasteiger partial charge in [-0.1, -0.05) is 115 Å². The standard InChI is InChI=1S/C22H21N.C20H17NO/c1(2-10-19-16-23-22-15-6-5-14-21(19)22)8-17-11-7-12-18-9-3-4-13-20(17)18;22-20(18-12-5-9-15-7-1-3-11-17(15)18)21-14-6-10-16-8-2-4-13-19(16)21/h3-7,9,11-16,23H,1-2,8,10H2;1-5,7-9,11-13H,6,10,14H2. The predicted molar refractivity (Wildman–Crippen MR) is 189 cm³/mol. The van der Waals surface area contributed by atoms with Gasteiger partial charge in [0.25, 0.3) is 5.91 Å². The number of benzene rings is 6. The molecule has 7 aromatic rings. The van der Waals surface area contributed by atoms with Crippen LogP contribution in [0.15, 0.2) is 140 Å². The summed E-state index contributed by atoms with van der Waals surface area (Å²) in [6, 6.07) is 46.2. The summed E-state index contributed by atoms with van der Waals surface area (Å²) in [5, 5.41) is 6.26. The Hall–Kier alpha value is -5.15. The lowest BCUT2D eigenvalue weighted by atomic mass is 9.98. The maximum absolute atomic E-state index is 13.1. The van der Waals surface area contributed by atoms with E-state index in [0.717, 1.165) is 54.3 Å². The van der Waals surface area contributed by atoms with E-state index in [0.29, 0.717) is 0 Å². The topological polar surface area (TPSA) is 36.1 Å². The van der Waals surface area contributed by atoms with E-state index >= 15 is 0 Å². The van der Waals surface area contributed by atoms with E-state index in [4.69, 9.17) is 0 Å². The third kappa shape index (κ3) is 6.12. The van der Waals surface area contributed by atoms with Crippen LogP contribution in [-0.2, 0) is 19.3 Å². The molecular weight excluding hydrogens is 548 g/mol. The zero-order chi connectivity index (χ0) is 30.4. The van der Waals surface area contributed by atoms with Crippen LogP contribution < -0.4 is 4.90 Å². The molecule has 1 aliphatic rings. The highest BCUT2D eigenvalue weighted by atomic mass is 16.2. The van der Waals surface area contributed by atoms with Crippen LogP contribution in [0.1, 0.15) is 46.3 Å². The molecule has 3 nitrogen and oxygen atoms in total. The summed E-state index contributed by atoms with van der Waals surface area (Å²) in [6.07, 6.45) is 9.00. The van der Waals surface area contributed by atoms with E-state index in [1.165, 1.54) is 51.2 Å². The van der Waals surface area contributed by atoms with Crippen molar-refractivity contribution in [2.45, 2.75) is 38.5 Å². The number of unbranched alkanes of at least 4 members (excludes halogenated alkanes) is 1. The van der Waals surface area contributed by atoms with Gasteiger partial charge < -0.3 is 9.88 Å². The lowest BCUT2D eigenvalue weighted by Gasteiger charge is -2.29. The Labute approximate surface area is 265 Å². The van der Waals surface area contributed by atoms with Crippen molar-refractivity contribution in [3.05, 3.63) is 162 Å². The normalized spacial score (nSPS) is 12.6. The Bertz CT molecular complexity index is 2080. The van der Waals surface area contributed by atoms with Crippen LogP contribution in [0.25, 0.3) is 32.4 Å². The Morgan fingerprint density at radius 1 is 0.600 bits per heavy atom. The maximum atomic E-state index is 13.1. The largest absolute Gasteiger partial charge is 0.361 e. The lowest BCUT2D eigenvalue weighted by molar-refractivity contribution is 0.0986. The van der Waals surface area contributed by atoms with Gasteiger partial charge in [-0.05, 0) is 95.0 Å². The number of para-hydroxylation sites is 2. The SMILES string of the molecule is O=C(c1cccc2ccccc12)N1CCCc2ccccc21.c1ccc2c(CCCCc3c[nH]c4ccccc34)cccc2c1. The summed E-state index contributed by atoms with van der Waals surface area (Å²) in [4.78, 5) is 18.4.